The first kappa shape index (κ1) is 13.8. The van der Waals surface area contributed by atoms with Crippen molar-refractivity contribution >= 4 is 23.2 Å². The van der Waals surface area contributed by atoms with Crippen molar-refractivity contribution in [2.45, 2.75) is 19.4 Å². The Balaban J connectivity index is 2.98. The number of halogens is 2. The summed E-state index contributed by atoms with van der Waals surface area (Å²) >= 11 is 11.9. The van der Waals surface area contributed by atoms with Crippen molar-refractivity contribution in [1.82, 2.24) is 5.32 Å². The van der Waals surface area contributed by atoms with Crippen molar-refractivity contribution in [1.29, 1.82) is 0 Å². The van der Waals surface area contributed by atoms with E-state index >= 15 is 0 Å². The summed E-state index contributed by atoms with van der Waals surface area (Å²) in [6, 6.07) is 5.68. The number of hydrogen-bond acceptors (Lipinski definition) is 2. The molecule has 0 aliphatic rings. The molecule has 1 aromatic carbocycles. The zero-order chi connectivity index (χ0) is 12.1. The maximum absolute atomic E-state index is 9.31. The molecule has 0 heterocycles. The zero-order valence-corrected chi connectivity index (χ0v) is 11.0. The molecular formula is C12H17Cl2NO. The van der Waals surface area contributed by atoms with Gasteiger partial charge in [0.25, 0.3) is 0 Å². The predicted octanol–water partition coefficient (Wildman–Crippen LogP) is 3.27. The van der Waals surface area contributed by atoms with E-state index in [0.717, 1.165) is 12.0 Å². The second-order valence-electron chi connectivity index (χ2n) is 3.79. The van der Waals surface area contributed by atoms with E-state index in [1.165, 1.54) is 0 Å². The smallest absolute Gasteiger partial charge is 0.0595 e. The first-order chi connectivity index (χ1) is 7.63. The summed E-state index contributed by atoms with van der Waals surface area (Å²) in [4.78, 5) is 0. The van der Waals surface area contributed by atoms with Crippen LogP contribution in [0.1, 0.15) is 24.9 Å². The Morgan fingerprint density at radius 1 is 1.31 bits per heavy atom. The number of rotatable bonds is 5. The minimum atomic E-state index is 0.102. The van der Waals surface area contributed by atoms with Crippen LogP contribution in [0.4, 0.5) is 0 Å². The van der Waals surface area contributed by atoms with Crippen LogP contribution in [-0.4, -0.2) is 18.8 Å². The number of aliphatic hydroxyl groups excluding tert-OH is 1. The quantitative estimate of drug-likeness (QED) is 0.853. The maximum Gasteiger partial charge on any atom is 0.0595 e. The molecule has 4 heteroatoms. The van der Waals surface area contributed by atoms with Crippen molar-refractivity contribution in [2.75, 3.05) is 13.7 Å². The fourth-order valence-corrected chi connectivity index (χ4v) is 2.16. The SMILES string of the molecule is CCC(CO)C(NC)c1ccc(Cl)c(Cl)c1. The van der Waals surface area contributed by atoms with Gasteiger partial charge in [-0.15, -0.1) is 0 Å². The van der Waals surface area contributed by atoms with Crippen molar-refractivity contribution < 1.29 is 5.11 Å². The Bertz CT molecular complexity index is 340. The molecule has 0 amide bonds. The van der Waals surface area contributed by atoms with Crippen molar-refractivity contribution in [3.05, 3.63) is 33.8 Å². The first-order valence-corrected chi connectivity index (χ1v) is 6.12. The van der Waals surface area contributed by atoms with Gasteiger partial charge in [-0.3, -0.25) is 0 Å². The highest BCUT2D eigenvalue weighted by Gasteiger charge is 2.19. The lowest BCUT2D eigenvalue weighted by atomic mass is 9.92. The molecule has 16 heavy (non-hydrogen) atoms. The number of hydrogen-bond donors (Lipinski definition) is 2. The number of aliphatic hydroxyl groups is 1. The summed E-state index contributed by atoms with van der Waals surface area (Å²) in [6.45, 7) is 2.21. The highest BCUT2D eigenvalue weighted by atomic mass is 35.5. The van der Waals surface area contributed by atoms with E-state index in [2.05, 4.69) is 12.2 Å². The fourth-order valence-electron chi connectivity index (χ4n) is 1.85. The largest absolute Gasteiger partial charge is 0.396 e. The van der Waals surface area contributed by atoms with Gasteiger partial charge in [0.2, 0.25) is 0 Å². The van der Waals surface area contributed by atoms with Crippen LogP contribution in [0.3, 0.4) is 0 Å². The highest BCUT2D eigenvalue weighted by Crippen LogP contribution is 2.29. The summed E-state index contributed by atoms with van der Waals surface area (Å²) < 4.78 is 0. The van der Waals surface area contributed by atoms with Crippen molar-refractivity contribution in [3.8, 4) is 0 Å². The molecule has 0 bridgehead atoms. The van der Waals surface area contributed by atoms with Gasteiger partial charge in [0.05, 0.1) is 10.0 Å². The normalized spacial score (nSPS) is 14.8. The molecule has 0 saturated carbocycles. The lowest BCUT2D eigenvalue weighted by Gasteiger charge is -2.25. The molecular weight excluding hydrogens is 245 g/mol. The average molecular weight is 262 g/mol. The molecule has 0 spiro atoms. The lowest BCUT2D eigenvalue weighted by molar-refractivity contribution is 0.189. The third-order valence-electron chi connectivity index (χ3n) is 2.84. The van der Waals surface area contributed by atoms with Gasteiger partial charge in [-0.1, -0.05) is 36.2 Å². The monoisotopic (exact) mass is 261 g/mol. The average Bonchev–Trinajstić information content (AvgIpc) is 2.29. The second kappa shape index (κ2) is 6.45. The van der Waals surface area contributed by atoms with E-state index in [1.807, 2.05) is 19.2 Å². The molecule has 0 radical (unpaired) electrons. The Labute approximate surface area is 107 Å². The Morgan fingerprint density at radius 3 is 2.44 bits per heavy atom. The van der Waals surface area contributed by atoms with Crippen LogP contribution < -0.4 is 5.32 Å². The fraction of sp³-hybridized carbons (Fsp3) is 0.500. The van der Waals surface area contributed by atoms with E-state index in [4.69, 9.17) is 23.2 Å². The molecule has 0 saturated heterocycles. The molecule has 2 atom stereocenters. The van der Waals surface area contributed by atoms with Crippen LogP contribution in [0, 0.1) is 5.92 Å². The zero-order valence-electron chi connectivity index (χ0n) is 9.50. The van der Waals surface area contributed by atoms with Crippen LogP contribution in [0.25, 0.3) is 0 Å². The second-order valence-corrected chi connectivity index (χ2v) is 4.61. The van der Waals surface area contributed by atoms with Gasteiger partial charge >= 0.3 is 0 Å². The van der Waals surface area contributed by atoms with Gasteiger partial charge in [0.15, 0.2) is 0 Å². The van der Waals surface area contributed by atoms with E-state index in [0.29, 0.717) is 10.0 Å². The topological polar surface area (TPSA) is 32.3 Å². The number of nitrogens with one attached hydrogen (secondary N) is 1. The summed E-state index contributed by atoms with van der Waals surface area (Å²) in [5.41, 5.74) is 1.05. The Kier molecular flexibility index (Phi) is 5.56. The molecule has 90 valence electrons. The van der Waals surface area contributed by atoms with Crippen LogP contribution >= 0.6 is 23.2 Å². The molecule has 2 unspecified atom stereocenters. The third kappa shape index (κ3) is 3.11. The molecule has 1 aromatic rings. The predicted molar refractivity (Wildman–Crippen MR) is 69.1 cm³/mol. The minimum absolute atomic E-state index is 0.102. The Morgan fingerprint density at radius 2 is 2.00 bits per heavy atom. The van der Waals surface area contributed by atoms with Gasteiger partial charge in [0.1, 0.15) is 0 Å². The molecule has 0 aliphatic heterocycles. The van der Waals surface area contributed by atoms with Crippen LogP contribution in [0.2, 0.25) is 10.0 Å². The van der Waals surface area contributed by atoms with Gasteiger partial charge in [-0.2, -0.15) is 0 Å². The van der Waals surface area contributed by atoms with Crippen molar-refractivity contribution in [2.24, 2.45) is 5.92 Å². The maximum atomic E-state index is 9.31. The van der Waals surface area contributed by atoms with Crippen LogP contribution in [-0.2, 0) is 0 Å². The van der Waals surface area contributed by atoms with E-state index in [9.17, 15) is 5.11 Å². The summed E-state index contributed by atoms with van der Waals surface area (Å²) in [5, 5.41) is 13.6. The molecule has 2 nitrogen and oxygen atoms in total. The lowest BCUT2D eigenvalue weighted by Crippen LogP contribution is -2.27. The third-order valence-corrected chi connectivity index (χ3v) is 3.58. The molecule has 0 fully saturated rings. The Hall–Kier alpha value is -0.280. The van der Waals surface area contributed by atoms with Gasteiger partial charge in [0, 0.05) is 18.6 Å². The van der Waals surface area contributed by atoms with Gasteiger partial charge in [-0.05, 0) is 31.2 Å². The van der Waals surface area contributed by atoms with Crippen molar-refractivity contribution in [3.63, 3.8) is 0 Å². The molecule has 0 aromatic heterocycles. The molecule has 0 aliphatic carbocycles. The summed E-state index contributed by atoms with van der Waals surface area (Å²) in [6.07, 6.45) is 0.905. The van der Waals surface area contributed by atoms with Crippen LogP contribution in [0.5, 0.6) is 0 Å². The standard InChI is InChI=1S/C12H17Cl2NO/c1-3-8(7-16)12(15-2)9-4-5-10(13)11(14)6-9/h4-6,8,12,15-16H,3,7H2,1-2H3. The van der Waals surface area contributed by atoms with Gasteiger partial charge in [-0.25, -0.2) is 0 Å². The molecule has 2 N–H and O–H groups in total. The first-order valence-electron chi connectivity index (χ1n) is 5.37. The van der Waals surface area contributed by atoms with E-state index < -0.39 is 0 Å². The van der Waals surface area contributed by atoms with E-state index in [1.54, 1.807) is 6.07 Å². The summed E-state index contributed by atoms with van der Waals surface area (Å²) in [7, 11) is 1.88. The molecule has 1 rings (SSSR count). The summed E-state index contributed by atoms with van der Waals surface area (Å²) in [5.74, 6) is 0.183. The van der Waals surface area contributed by atoms with Crippen LogP contribution in [0.15, 0.2) is 18.2 Å². The number of benzene rings is 1. The highest BCUT2D eigenvalue weighted by molar-refractivity contribution is 6.42. The van der Waals surface area contributed by atoms with E-state index in [-0.39, 0.29) is 18.6 Å². The van der Waals surface area contributed by atoms with Gasteiger partial charge < -0.3 is 10.4 Å². The minimum Gasteiger partial charge on any atom is -0.396 e.